The number of benzene rings is 4. The first-order chi connectivity index (χ1) is 16.1. The zero-order valence-electron chi connectivity index (χ0n) is 18.2. The second-order valence-corrected chi connectivity index (χ2v) is 7.67. The number of ether oxygens (including phenoxy) is 1. The molecule has 4 rings (SSSR count). The molecule has 0 radical (unpaired) electrons. The molecule has 0 bridgehead atoms. The Morgan fingerprint density at radius 1 is 0.758 bits per heavy atom. The summed E-state index contributed by atoms with van der Waals surface area (Å²) in [5, 5.41) is 4.56. The summed E-state index contributed by atoms with van der Waals surface area (Å²) in [6.07, 6.45) is 0.239. The smallest absolute Gasteiger partial charge is 0.328 e. The molecule has 0 heterocycles. The molecule has 5 heteroatoms. The lowest BCUT2D eigenvalue weighted by Gasteiger charge is -2.17. The summed E-state index contributed by atoms with van der Waals surface area (Å²) in [7, 11) is 1.29. The minimum atomic E-state index is -0.864. The Bertz CT molecular complexity index is 1290. The summed E-state index contributed by atoms with van der Waals surface area (Å²) in [5.74, 6) is -0.956. The minimum absolute atomic E-state index is 0.0732. The number of nitrogens with one attached hydrogen (secondary N) is 1. The molecule has 0 aliphatic carbocycles. The van der Waals surface area contributed by atoms with Gasteiger partial charge in [-0.15, -0.1) is 0 Å². The lowest BCUT2D eigenvalue weighted by atomic mass is 9.99. The molecule has 0 saturated carbocycles. The number of carbonyl (C=O) groups is 3. The molecule has 4 aromatic rings. The van der Waals surface area contributed by atoms with Crippen LogP contribution < -0.4 is 5.32 Å². The number of rotatable bonds is 7. The van der Waals surface area contributed by atoms with Crippen molar-refractivity contribution in [1.82, 2.24) is 5.32 Å². The maximum absolute atomic E-state index is 13.0. The lowest BCUT2D eigenvalue weighted by Crippen LogP contribution is -2.43. The van der Waals surface area contributed by atoms with Gasteiger partial charge in [-0.3, -0.25) is 9.59 Å². The zero-order valence-corrected chi connectivity index (χ0v) is 18.2. The van der Waals surface area contributed by atoms with Crippen LogP contribution in [0.5, 0.6) is 0 Å². The van der Waals surface area contributed by atoms with Gasteiger partial charge in [0.05, 0.1) is 7.11 Å². The Balaban J connectivity index is 1.52. The van der Waals surface area contributed by atoms with E-state index in [-0.39, 0.29) is 18.1 Å². The van der Waals surface area contributed by atoms with E-state index in [2.05, 4.69) is 5.32 Å². The molecule has 0 saturated heterocycles. The van der Waals surface area contributed by atoms with Crippen LogP contribution in [0.3, 0.4) is 0 Å². The quantitative estimate of drug-likeness (QED) is 0.339. The SMILES string of the molecule is COC(=O)[C@H](Cc1ccc(C(=O)c2ccccc2)cc1)NC(=O)c1cccc2ccccc12. The normalized spacial score (nSPS) is 11.5. The molecule has 1 atom stereocenters. The molecule has 4 aromatic carbocycles. The second kappa shape index (κ2) is 9.92. The number of esters is 1. The van der Waals surface area contributed by atoms with Crippen molar-refractivity contribution in [2.45, 2.75) is 12.5 Å². The minimum Gasteiger partial charge on any atom is -0.467 e. The van der Waals surface area contributed by atoms with Crippen molar-refractivity contribution in [3.63, 3.8) is 0 Å². The molecule has 0 unspecified atom stereocenters. The highest BCUT2D eigenvalue weighted by Crippen LogP contribution is 2.19. The van der Waals surface area contributed by atoms with Crippen LogP contribution in [0.2, 0.25) is 0 Å². The van der Waals surface area contributed by atoms with Crippen molar-refractivity contribution in [1.29, 1.82) is 0 Å². The Morgan fingerprint density at radius 3 is 2.12 bits per heavy atom. The highest BCUT2D eigenvalue weighted by molar-refractivity contribution is 6.09. The zero-order chi connectivity index (χ0) is 23.2. The summed E-state index contributed by atoms with van der Waals surface area (Å²) in [4.78, 5) is 38.0. The Labute approximate surface area is 192 Å². The molecule has 5 nitrogen and oxygen atoms in total. The topological polar surface area (TPSA) is 72.5 Å². The van der Waals surface area contributed by atoms with Crippen LogP contribution in [-0.2, 0) is 16.0 Å². The van der Waals surface area contributed by atoms with Crippen molar-refractivity contribution in [2.24, 2.45) is 0 Å². The third-order valence-electron chi connectivity index (χ3n) is 5.52. The van der Waals surface area contributed by atoms with Gasteiger partial charge in [0.25, 0.3) is 5.91 Å². The second-order valence-electron chi connectivity index (χ2n) is 7.67. The molecule has 1 N–H and O–H groups in total. The van der Waals surface area contributed by atoms with Crippen molar-refractivity contribution in [3.05, 3.63) is 119 Å². The molecule has 0 fully saturated rings. The van der Waals surface area contributed by atoms with Gasteiger partial charge in [0.2, 0.25) is 0 Å². The molecule has 0 spiro atoms. The number of ketones is 1. The summed E-state index contributed by atoms with van der Waals surface area (Å²) in [6.45, 7) is 0. The highest BCUT2D eigenvalue weighted by atomic mass is 16.5. The fraction of sp³-hybridized carbons (Fsp3) is 0.107. The van der Waals surface area contributed by atoms with E-state index in [4.69, 9.17) is 4.74 Å². The summed E-state index contributed by atoms with van der Waals surface area (Å²) in [6, 6.07) is 28.3. The van der Waals surface area contributed by atoms with Crippen molar-refractivity contribution < 1.29 is 19.1 Å². The number of amides is 1. The van der Waals surface area contributed by atoms with E-state index in [0.29, 0.717) is 16.7 Å². The van der Waals surface area contributed by atoms with Gasteiger partial charge in [0.1, 0.15) is 6.04 Å². The van der Waals surface area contributed by atoms with Gasteiger partial charge in [-0.05, 0) is 22.4 Å². The van der Waals surface area contributed by atoms with E-state index in [1.807, 2.05) is 54.6 Å². The molecular formula is C28H23NO4. The van der Waals surface area contributed by atoms with Crippen LogP contribution in [-0.4, -0.2) is 30.8 Å². The van der Waals surface area contributed by atoms with Crippen LogP contribution in [0.1, 0.15) is 31.8 Å². The standard InChI is InChI=1S/C28H23NO4/c1-33-28(32)25(29-27(31)24-13-7-11-20-8-5-6-12-23(20)24)18-19-14-16-22(17-15-19)26(30)21-9-3-2-4-10-21/h2-17,25H,18H2,1H3,(H,29,31)/t25-/m0/s1. The molecular weight excluding hydrogens is 414 g/mol. The van der Waals surface area contributed by atoms with Crippen LogP contribution in [0.25, 0.3) is 10.8 Å². The summed E-state index contributed by atoms with van der Waals surface area (Å²) >= 11 is 0. The van der Waals surface area contributed by atoms with Gasteiger partial charge in [0.15, 0.2) is 5.78 Å². The third kappa shape index (κ3) is 4.99. The van der Waals surface area contributed by atoms with E-state index >= 15 is 0 Å². The third-order valence-corrected chi connectivity index (χ3v) is 5.52. The molecule has 0 aromatic heterocycles. The molecule has 33 heavy (non-hydrogen) atoms. The molecule has 1 amide bonds. The first-order valence-electron chi connectivity index (χ1n) is 10.6. The molecule has 164 valence electrons. The lowest BCUT2D eigenvalue weighted by molar-refractivity contribution is -0.142. The summed E-state index contributed by atoms with van der Waals surface area (Å²) < 4.78 is 4.92. The van der Waals surface area contributed by atoms with E-state index in [9.17, 15) is 14.4 Å². The molecule has 0 aliphatic heterocycles. The van der Waals surface area contributed by atoms with Gasteiger partial charge >= 0.3 is 5.97 Å². The first kappa shape index (κ1) is 22.0. The van der Waals surface area contributed by atoms with Crippen molar-refractivity contribution in [3.8, 4) is 0 Å². The number of fused-ring (bicyclic) bond motifs is 1. The fourth-order valence-electron chi connectivity index (χ4n) is 3.78. The number of hydrogen-bond acceptors (Lipinski definition) is 4. The molecule has 0 aliphatic rings. The van der Waals surface area contributed by atoms with Gasteiger partial charge < -0.3 is 10.1 Å². The van der Waals surface area contributed by atoms with Gasteiger partial charge in [-0.25, -0.2) is 4.79 Å². The number of methoxy groups -OCH3 is 1. The van der Waals surface area contributed by atoms with Gasteiger partial charge in [-0.2, -0.15) is 0 Å². The summed E-state index contributed by atoms with van der Waals surface area (Å²) in [5.41, 5.74) is 2.46. The van der Waals surface area contributed by atoms with E-state index in [1.165, 1.54) is 7.11 Å². The van der Waals surface area contributed by atoms with E-state index in [0.717, 1.165) is 16.3 Å². The average Bonchev–Trinajstić information content (AvgIpc) is 2.88. The Kier molecular flexibility index (Phi) is 6.60. The first-order valence-corrected chi connectivity index (χ1v) is 10.6. The number of carbonyl (C=O) groups excluding carboxylic acids is 3. The van der Waals surface area contributed by atoms with Crippen LogP contribution >= 0.6 is 0 Å². The average molecular weight is 437 g/mol. The van der Waals surface area contributed by atoms with Crippen LogP contribution in [0, 0.1) is 0 Å². The maximum Gasteiger partial charge on any atom is 0.328 e. The van der Waals surface area contributed by atoms with Gasteiger partial charge in [0, 0.05) is 23.1 Å². The monoisotopic (exact) mass is 437 g/mol. The van der Waals surface area contributed by atoms with E-state index in [1.54, 1.807) is 42.5 Å². The predicted molar refractivity (Wildman–Crippen MR) is 127 cm³/mol. The largest absolute Gasteiger partial charge is 0.467 e. The van der Waals surface area contributed by atoms with Gasteiger partial charge in [-0.1, -0.05) is 91.0 Å². The van der Waals surface area contributed by atoms with Crippen molar-refractivity contribution in [2.75, 3.05) is 7.11 Å². The Morgan fingerprint density at radius 2 is 1.39 bits per heavy atom. The fourth-order valence-corrected chi connectivity index (χ4v) is 3.78. The van der Waals surface area contributed by atoms with Crippen molar-refractivity contribution >= 4 is 28.4 Å². The Hall–Kier alpha value is -4.25. The van der Waals surface area contributed by atoms with Crippen LogP contribution in [0.15, 0.2) is 97.1 Å². The predicted octanol–water partition coefficient (Wildman–Crippen LogP) is 4.58. The maximum atomic E-state index is 13.0. The highest BCUT2D eigenvalue weighted by Gasteiger charge is 2.23. The van der Waals surface area contributed by atoms with Crippen LogP contribution in [0.4, 0.5) is 0 Å². The van der Waals surface area contributed by atoms with E-state index < -0.39 is 12.0 Å². The number of hydrogen-bond donors (Lipinski definition) is 1.